The third kappa shape index (κ3) is 4.65. The van der Waals surface area contributed by atoms with Crippen molar-refractivity contribution in [3.63, 3.8) is 0 Å². The van der Waals surface area contributed by atoms with Crippen molar-refractivity contribution in [2.24, 2.45) is 5.73 Å². The molecule has 2 fully saturated rings. The Hall–Kier alpha value is -0.260. The highest BCUT2D eigenvalue weighted by atomic mass is 32.2. The molecule has 2 unspecified atom stereocenters. The summed E-state index contributed by atoms with van der Waals surface area (Å²) in [7, 11) is 0. The van der Waals surface area contributed by atoms with E-state index in [0.29, 0.717) is 24.9 Å². The molecular formula is C14H26N2O2S. The van der Waals surface area contributed by atoms with Gasteiger partial charge in [0.15, 0.2) is 0 Å². The van der Waals surface area contributed by atoms with Crippen molar-refractivity contribution in [1.82, 2.24) is 4.90 Å². The molecule has 0 aromatic carbocycles. The first-order chi connectivity index (χ1) is 9.31. The van der Waals surface area contributed by atoms with E-state index >= 15 is 0 Å². The Bertz CT molecular complexity index is 277. The number of hydrogen-bond acceptors (Lipinski definition) is 4. The van der Waals surface area contributed by atoms with E-state index in [4.69, 9.17) is 10.5 Å². The number of nitrogens with two attached hydrogens (primary N) is 1. The van der Waals surface area contributed by atoms with E-state index in [1.54, 1.807) is 0 Å². The summed E-state index contributed by atoms with van der Waals surface area (Å²) < 4.78 is 5.70. The van der Waals surface area contributed by atoms with Crippen LogP contribution in [-0.2, 0) is 9.53 Å². The van der Waals surface area contributed by atoms with Crippen LogP contribution < -0.4 is 5.73 Å². The molecule has 2 rings (SSSR count). The van der Waals surface area contributed by atoms with Crippen molar-refractivity contribution in [1.29, 1.82) is 0 Å². The van der Waals surface area contributed by atoms with Crippen molar-refractivity contribution in [3.05, 3.63) is 0 Å². The molecule has 0 aromatic heterocycles. The van der Waals surface area contributed by atoms with Gasteiger partial charge >= 0.3 is 0 Å². The van der Waals surface area contributed by atoms with E-state index in [9.17, 15) is 4.79 Å². The first-order valence-electron chi connectivity index (χ1n) is 7.50. The number of amides is 1. The van der Waals surface area contributed by atoms with Crippen molar-refractivity contribution in [2.45, 2.75) is 50.7 Å². The summed E-state index contributed by atoms with van der Waals surface area (Å²) in [5.74, 6) is 2.58. The van der Waals surface area contributed by atoms with Crippen molar-refractivity contribution >= 4 is 17.7 Å². The van der Waals surface area contributed by atoms with E-state index in [0.717, 1.165) is 51.0 Å². The zero-order valence-electron chi connectivity index (χ0n) is 11.7. The van der Waals surface area contributed by atoms with Gasteiger partial charge in [-0.2, -0.15) is 11.8 Å². The molecule has 2 N–H and O–H groups in total. The standard InChI is InChI=1S/C14H26N2O2S/c15-7-2-1-5-14(17)16(12-6-9-19-11-12)10-13-4-3-8-18-13/h12-13H,1-11,15H2. The van der Waals surface area contributed by atoms with E-state index in [1.807, 2.05) is 11.8 Å². The van der Waals surface area contributed by atoms with Gasteiger partial charge in [-0.05, 0) is 44.4 Å². The molecule has 0 radical (unpaired) electrons. The van der Waals surface area contributed by atoms with Gasteiger partial charge in [0.2, 0.25) is 5.91 Å². The maximum atomic E-state index is 12.4. The van der Waals surface area contributed by atoms with E-state index in [1.165, 1.54) is 5.75 Å². The second-order valence-corrected chi connectivity index (χ2v) is 6.59. The van der Waals surface area contributed by atoms with Crippen molar-refractivity contribution < 1.29 is 9.53 Å². The lowest BCUT2D eigenvalue weighted by Crippen LogP contribution is -2.44. The average molecular weight is 286 g/mol. The lowest BCUT2D eigenvalue weighted by molar-refractivity contribution is -0.135. The van der Waals surface area contributed by atoms with E-state index in [2.05, 4.69) is 4.90 Å². The maximum absolute atomic E-state index is 12.4. The van der Waals surface area contributed by atoms with Crippen LogP contribution in [0.15, 0.2) is 0 Å². The summed E-state index contributed by atoms with van der Waals surface area (Å²) in [6.07, 6.45) is 6.15. The largest absolute Gasteiger partial charge is 0.376 e. The van der Waals surface area contributed by atoms with Gasteiger partial charge in [-0.1, -0.05) is 0 Å². The Morgan fingerprint density at radius 3 is 2.89 bits per heavy atom. The molecule has 5 heteroatoms. The van der Waals surface area contributed by atoms with Gasteiger partial charge < -0.3 is 15.4 Å². The molecule has 1 amide bonds. The first kappa shape index (κ1) is 15.1. The second kappa shape index (κ2) is 8.12. The van der Waals surface area contributed by atoms with Gasteiger partial charge in [-0.3, -0.25) is 4.79 Å². The maximum Gasteiger partial charge on any atom is 0.222 e. The lowest BCUT2D eigenvalue weighted by atomic mass is 10.1. The number of unbranched alkanes of at least 4 members (excludes halogenated alkanes) is 1. The average Bonchev–Trinajstić information content (AvgIpc) is 3.09. The number of rotatable bonds is 7. The summed E-state index contributed by atoms with van der Waals surface area (Å²) in [4.78, 5) is 14.5. The number of carbonyl (C=O) groups excluding carboxylic acids is 1. The Labute approximate surface area is 120 Å². The van der Waals surface area contributed by atoms with Crippen LogP contribution in [-0.4, -0.2) is 54.2 Å². The number of ether oxygens (including phenoxy) is 1. The van der Waals surface area contributed by atoms with Gasteiger partial charge in [0.25, 0.3) is 0 Å². The third-order valence-corrected chi connectivity index (χ3v) is 5.08. The predicted molar refractivity (Wildman–Crippen MR) is 79.3 cm³/mol. The van der Waals surface area contributed by atoms with Gasteiger partial charge in [0, 0.05) is 31.4 Å². The van der Waals surface area contributed by atoms with Gasteiger partial charge in [-0.25, -0.2) is 0 Å². The minimum atomic E-state index is 0.268. The van der Waals surface area contributed by atoms with Crippen LogP contribution in [0.25, 0.3) is 0 Å². The number of nitrogens with zero attached hydrogens (tertiary/aromatic N) is 1. The number of carbonyl (C=O) groups is 1. The summed E-state index contributed by atoms with van der Waals surface area (Å²) in [5, 5.41) is 0. The minimum absolute atomic E-state index is 0.268. The van der Waals surface area contributed by atoms with Crippen molar-refractivity contribution in [3.8, 4) is 0 Å². The molecule has 4 nitrogen and oxygen atoms in total. The normalized spacial score (nSPS) is 26.8. The van der Waals surface area contributed by atoms with Gasteiger partial charge in [-0.15, -0.1) is 0 Å². The SMILES string of the molecule is NCCCCC(=O)N(CC1CCCO1)C1CCSC1. The number of thioether (sulfide) groups is 1. The van der Waals surface area contributed by atoms with E-state index < -0.39 is 0 Å². The van der Waals surface area contributed by atoms with Crippen LogP contribution in [0.5, 0.6) is 0 Å². The molecule has 0 spiro atoms. The van der Waals surface area contributed by atoms with E-state index in [-0.39, 0.29) is 6.10 Å². The quantitative estimate of drug-likeness (QED) is 0.723. The fourth-order valence-corrected chi connectivity index (χ4v) is 4.02. The van der Waals surface area contributed by atoms with Crippen LogP contribution in [0.1, 0.15) is 38.5 Å². The highest BCUT2D eigenvalue weighted by molar-refractivity contribution is 7.99. The first-order valence-corrected chi connectivity index (χ1v) is 8.65. The summed E-state index contributed by atoms with van der Waals surface area (Å²) in [6, 6.07) is 0.430. The Morgan fingerprint density at radius 2 is 2.26 bits per heavy atom. The molecule has 2 saturated heterocycles. The van der Waals surface area contributed by atoms with Crippen LogP contribution in [0.3, 0.4) is 0 Å². The van der Waals surface area contributed by atoms with Crippen LogP contribution in [0, 0.1) is 0 Å². The molecular weight excluding hydrogens is 260 g/mol. The molecule has 19 heavy (non-hydrogen) atoms. The lowest BCUT2D eigenvalue weighted by Gasteiger charge is -2.31. The predicted octanol–water partition coefficient (Wildman–Crippen LogP) is 1.63. The Kier molecular flexibility index (Phi) is 6.47. The highest BCUT2D eigenvalue weighted by Crippen LogP contribution is 2.25. The molecule has 2 atom stereocenters. The zero-order valence-corrected chi connectivity index (χ0v) is 12.5. The van der Waals surface area contributed by atoms with Crippen LogP contribution in [0.4, 0.5) is 0 Å². The van der Waals surface area contributed by atoms with Gasteiger partial charge in [0.05, 0.1) is 6.10 Å². The number of hydrogen-bond donors (Lipinski definition) is 1. The van der Waals surface area contributed by atoms with Crippen LogP contribution in [0.2, 0.25) is 0 Å². The molecule has 0 saturated carbocycles. The van der Waals surface area contributed by atoms with Crippen molar-refractivity contribution in [2.75, 3.05) is 31.2 Å². The summed E-state index contributed by atoms with van der Waals surface area (Å²) in [6.45, 7) is 2.34. The molecule has 2 aliphatic rings. The highest BCUT2D eigenvalue weighted by Gasteiger charge is 2.30. The fraction of sp³-hybridized carbons (Fsp3) is 0.929. The summed E-state index contributed by atoms with van der Waals surface area (Å²) in [5.41, 5.74) is 5.50. The third-order valence-electron chi connectivity index (χ3n) is 3.94. The Morgan fingerprint density at radius 1 is 1.37 bits per heavy atom. The smallest absolute Gasteiger partial charge is 0.222 e. The minimum Gasteiger partial charge on any atom is -0.376 e. The monoisotopic (exact) mass is 286 g/mol. The van der Waals surface area contributed by atoms with Gasteiger partial charge in [0.1, 0.15) is 0 Å². The second-order valence-electron chi connectivity index (χ2n) is 5.44. The molecule has 0 aromatic rings. The molecule has 2 heterocycles. The topological polar surface area (TPSA) is 55.6 Å². The Balaban J connectivity index is 1.86. The fourth-order valence-electron chi connectivity index (χ4n) is 2.79. The molecule has 0 bridgehead atoms. The molecule has 2 aliphatic heterocycles. The summed E-state index contributed by atoms with van der Waals surface area (Å²) >= 11 is 1.96. The molecule has 110 valence electrons. The zero-order chi connectivity index (χ0) is 13.5. The molecule has 0 aliphatic carbocycles. The van der Waals surface area contributed by atoms with Crippen LogP contribution >= 0.6 is 11.8 Å².